The lowest BCUT2D eigenvalue weighted by Gasteiger charge is -2.10. The molecule has 0 bridgehead atoms. The number of ether oxygens (including phenoxy) is 1. The van der Waals surface area contributed by atoms with E-state index in [-0.39, 0.29) is 16.9 Å². The lowest BCUT2D eigenvalue weighted by molar-refractivity contribution is -0.140. The summed E-state index contributed by atoms with van der Waals surface area (Å²) >= 11 is 0. The van der Waals surface area contributed by atoms with Crippen LogP contribution in [0.25, 0.3) is 5.57 Å². The molecule has 28 heavy (non-hydrogen) atoms. The summed E-state index contributed by atoms with van der Waals surface area (Å²) in [5, 5.41) is 2.35. The number of hydrogen-bond acceptors (Lipinski definition) is 2. The van der Waals surface area contributed by atoms with E-state index in [1.807, 2.05) is 18.2 Å². The third kappa shape index (κ3) is 5.86. The monoisotopic (exact) mass is 389 g/mol. The topological polar surface area (TPSA) is 26.3 Å². The quantitative estimate of drug-likeness (QED) is 0.378. The Hall–Kier alpha value is -2.78. The summed E-state index contributed by atoms with van der Waals surface area (Å²) < 4.78 is 4.87. The Kier molecular flexibility index (Phi) is 7.51. The Labute approximate surface area is 170 Å². The molecule has 0 saturated carbocycles. The number of carbonyl (C=O) groups is 1. The molecule has 0 radical (unpaired) electrons. The van der Waals surface area contributed by atoms with E-state index in [1.54, 1.807) is 0 Å². The Morgan fingerprint density at radius 3 is 1.82 bits per heavy atom. The van der Waals surface area contributed by atoms with Crippen LogP contribution in [-0.4, -0.2) is 18.8 Å². The van der Waals surface area contributed by atoms with Gasteiger partial charge >= 0.3 is 5.97 Å². The summed E-state index contributed by atoms with van der Waals surface area (Å²) in [5.41, 5.74) is 4.88. The Morgan fingerprint density at radius 1 is 0.821 bits per heavy atom. The molecule has 0 spiro atoms. The van der Waals surface area contributed by atoms with Gasteiger partial charge in [-0.25, -0.2) is 0 Å². The SMILES string of the molecule is COC(=O)CC[S+](C=C(c1ccccc1)c1ccccc1)Cc1ccccc1. The van der Waals surface area contributed by atoms with Crippen LogP contribution in [0, 0.1) is 0 Å². The molecule has 0 aromatic heterocycles. The fourth-order valence-electron chi connectivity index (χ4n) is 2.98. The summed E-state index contributed by atoms with van der Waals surface area (Å²) in [4.78, 5) is 11.8. The normalized spacial score (nSPS) is 11.5. The van der Waals surface area contributed by atoms with Crippen LogP contribution in [0.4, 0.5) is 0 Å². The Balaban J connectivity index is 1.96. The lowest BCUT2D eigenvalue weighted by atomic mass is 10.00. The smallest absolute Gasteiger partial charge is 0.310 e. The van der Waals surface area contributed by atoms with E-state index in [9.17, 15) is 4.79 Å². The standard InChI is InChI=1S/C25H25O2S/c1-27-25(26)17-18-28(19-21-11-5-2-6-12-21)20-24(22-13-7-3-8-14-22)23-15-9-4-10-16-23/h2-16,20H,17-19H2,1H3/q+1. The molecule has 2 nitrogen and oxygen atoms in total. The van der Waals surface area contributed by atoms with Crippen LogP contribution in [0.2, 0.25) is 0 Å². The Bertz CT molecular complexity index is 848. The van der Waals surface area contributed by atoms with Gasteiger partial charge in [0, 0.05) is 22.0 Å². The maximum Gasteiger partial charge on any atom is 0.310 e. The second kappa shape index (κ2) is 10.5. The average molecular weight is 390 g/mol. The zero-order valence-electron chi connectivity index (χ0n) is 16.1. The van der Waals surface area contributed by atoms with Crippen LogP contribution in [0.3, 0.4) is 0 Å². The average Bonchev–Trinajstić information content (AvgIpc) is 2.77. The first-order chi connectivity index (χ1) is 13.8. The molecule has 0 aliphatic heterocycles. The van der Waals surface area contributed by atoms with Crippen molar-refractivity contribution in [1.82, 2.24) is 0 Å². The fraction of sp³-hybridized carbons (Fsp3) is 0.160. The number of methoxy groups -OCH3 is 1. The molecule has 1 unspecified atom stereocenters. The molecule has 3 heteroatoms. The van der Waals surface area contributed by atoms with Gasteiger partial charge in [-0.1, -0.05) is 91.0 Å². The zero-order valence-corrected chi connectivity index (χ0v) is 16.9. The van der Waals surface area contributed by atoms with Gasteiger partial charge in [-0.15, -0.1) is 0 Å². The molecule has 3 aromatic rings. The molecule has 0 aliphatic rings. The molecule has 0 aliphatic carbocycles. The predicted molar refractivity (Wildman–Crippen MR) is 119 cm³/mol. The van der Waals surface area contributed by atoms with Crippen molar-refractivity contribution in [3.8, 4) is 0 Å². The number of benzene rings is 3. The van der Waals surface area contributed by atoms with Crippen LogP contribution in [-0.2, 0) is 26.2 Å². The zero-order chi connectivity index (χ0) is 19.6. The molecule has 0 heterocycles. The summed E-state index contributed by atoms with van der Waals surface area (Å²) in [6.07, 6.45) is 0.430. The summed E-state index contributed by atoms with van der Waals surface area (Å²) in [6, 6.07) is 31.4. The highest BCUT2D eigenvalue weighted by atomic mass is 32.2. The number of rotatable bonds is 8. The van der Waals surface area contributed by atoms with Gasteiger partial charge in [-0.2, -0.15) is 0 Å². The third-order valence-corrected chi connectivity index (χ3v) is 6.45. The van der Waals surface area contributed by atoms with Crippen molar-refractivity contribution < 1.29 is 9.53 Å². The number of esters is 1. The van der Waals surface area contributed by atoms with Crippen molar-refractivity contribution in [3.63, 3.8) is 0 Å². The van der Waals surface area contributed by atoms with Gasteiger partial charge in [0.25, 0.3) is 0 Å². The van der Waals surface area contributed by atoms with Gasteiger partial charge < -0.3 is 4.74 Å². The minimum Gasteiger partial charge on any atom is -0.469 e. The largest absolute Gasteiger partial charge is 0.469 e. The maximum atomic E-state index is 11.8. The van der Waals surface area contributed by atoms with Gasteiger partial charge in [-0.05, 0) is 11.1 Å². The second-order valence-corrected chi connectivity index (χ2v) is 8.47. The maximum absolute atomic E-state index is 11.8. The van der Waals surface area contributed by atoms with E-state index in [4.69, 9.17) is 4.74 Å². The number of hydrogen-bond donors (Lipinski definition) is 0. The van der Waals surface area contributed by atoms with Crippen LogP contribution in [0.1, 0.15) is 23.1 Å². The molecular formula is C25H25O2S+. The number of carbonyl (C=O) groups excluding carboxylic acids is 1. The molecule has 142 valence electrons. The molecule has 3 rings (SSSR count). The molecule has 0 amide bonds. The summed E-state index contributed by atoms with van der Waals surface area (Å²) in [5.74, 6) is 1.55. The first kappa shape index (κ1) is 20.0. The van der Waals surface area contributed by atoms with E-state index < -0.39 is 0 Å². The van der Waals surface area contributed by atoms with E-state index in [1.165, 1.54) is 29.4 Å². The molecule has 0 N–H and O–H groups in total. The van der Waals surface area contributed by atoms with E-state index >= 15 is 0 Å². The van der Waals surface area contributed by atoms with Crippen molar-refractivity contribution >= 4 is 22.4 Å². The second-order valence-electron chi connectivity index (χ2n) is 6.46. The van der Waals surface area contributed by atoms with Crippen LogP contribution < -0.4 is 0 Å². The first-order valence-corrected chi connectivity index (χ1v) is 11.0. The molecule has 1 atom stereocenters. The molecule has 0 fully saturated rings. The van der Waals surface area contributed by atoms with Crippen molar-refractivity contribution in [2.45, 2.75) is 12.2 Å². The summed E-state index contributed by atoms with van der Waals surface area (Å²) in [7, 11) is 1.36. The van der Waals surface area contributed by atoms with E-state index in [0.29, 0.717) is 6.42 Å². The van der Waals surface area contributed by atoms with Crippen molar-refractivity contribution in [2.75, 3.05) is 12.9 Å². The first-order valence-electron chi connectivity index (χ1n) is 9.36. The minimum absolute atomic E-state index is 0.0916. The fourth-order valence-corrected chi connectivity index (χ4v) is 4.98. The van der Waals surface area contributed by atoms with Crippen LogP contribution >= 0.6 is 0 Å². The van der Waals surface area contributed by atoms with Gasteiger partial charge in [0.15, 0.2) is 0 Å². The highest BCUT2D eigenvalue weighted by Gasteiger charge is 2.21. The van der Waals surface area contributed by atoms with Crippen molar-refractivity contribution in [2.24, 2.45) is 0 Å². The highest BCUT2D eigenvalue weighted by Crippen LogP contribution is 2.26. The third-order valence-electron chi connectivity index (χ3n) is 4.45. The highest BCUT2D eigenvalue weighted by molar-refractivity contribution is 7.99. The lowest BCUT2D eigenvalue weighted by Crippen LogP contribution is -2.13. The van der Waals surface area contributed by atoms with Gasteiger partial charge in [0.05, 0.1) is 13.5 Å². The van der Waals surface area contributed by atoms with Crippen molar-refractivity contribution in [3.05, 3.63) is 113 Å². The minimum atomic E-state index is -0.153. The van der Waals surface area contributed by atoms with Crippen molar-refractivity contribution in [1.29, 1.82) is 0 Å². The Morgan fingerprint density at radius 2 is 1.32 bits per heavy atom. The summed E-state index contributed by atoms with van der Waals surface area (Å²) in [6.45, 7) is 0. The molecular weight excluding hydrogens is 364 g/mol. The van der Waals surface area contributed by atoms with Gasteiger partial charge in [-0.3, -0.25) is 4.79 Å². The van der Waals surface area contributed by atoms with Crippen LogP contribution in [0.15, 0.2) is 96.4 Å². The van der Waals surface area contributed by atoms with Crippen LogP contribution in [0.5, 0.6) is 0 Å². The van der Waals surface area contributed by atoms with Gasteiger partial charge in [0.1, 0.15) is 16.9 Å². The van der Waals surface area contributed by atoms with E-state index in [2.05, 4.69) is 78.2 Å². The molecule has 3 aromatic carbocycles. The predicted octanol–water partition coefficient (Wildman–Crippen LogP) is 5.46. The molecule has 0 saturated heterocycles. The van der Waals surface area contributed by atoms with E-state index in [0.717, 1.165) is 11.5 Å². The van der Waals surface area contributed by atoms with Gasteiger partial charge in [0.2, 0.25) is 0 Å².